The number of hydrogen-bond acceptors (Lipinski definition) is 4. The van der Waals surface area contributed by atoms with Crippen LogP contribution >= 0.6 is 23.2 Å². The number of urea groups is 1. The van der Waals surface area contributed by atoms with Gasteiger partial charge in [0.25, 0.3) is 0 Å². The van der Waals surface area contributed by atoms with Crippen molar-refractivity contribution in [2.75, 3.05) is 13.7 Å². The minimum absolute atomic E-state index is 0.309. The number of H-pyrrole nitrogens is 1. The van der Waals surface area contributed by atoms with Crippen LogP contribution in [-0.4, -0.2) is 46.6 Å². The number of carbonyl (C=O) groups excluding carboxylic acids is 2. The summed E-state index contributed by atoms with van der Waals surface area (Å²) in [5, 5.41) is 3.60. The van der Waals surface area contributed by atoms with Crippen molar-refractivity contribution in [2.24, 2.45) is 0 Å². The first-order valence-corrected chi connectivity index (χ1v) is 10.9. The Hall–Kier alpha value is -3.03. The molecule has 0 saturated heterocycles. The molecule has 9 heteroatoms. The highest BCUT2D eigenvalue weighted by molar-refractivity contribution is 6.42. The summed E-state index contributed by atoms with van der Waals surface area (Å²) in [5.41, 5.74) is 3.21. The zero-order valence-corrected chi connectivity index (χ0v) is 18.9. The summed E-state index contributed by atoms with van der Waals surface area (Å²) in [4.78, 5) is 35.1. The van der Waals surface area contributed by atoms with E-state index >= 15 is 0 Å². The van der Waals surface area contributed by atoms with Crippen LogP contribution < -0.4 is 5.32 Å². The monoisotopic (exact) mass is 472 g/mol. The Kier molecular flexibility index (Phi) is 6.67. The molecule has 2 amide bonds. The van der Waals surface area contributed by atoms with Gasteiger partial charge in [0.05, 0.1) is 29.2 Å². The van der Waals surface area contributed by atoms with Crippen molar-refractivity contribution in [1.82, 2.24) is 20.2 Å². The number of methoxy groups -OCH3 is 1. The SMILES string of the molecule is COC(=O)[C@@H](Cc1ccccc1)NC(=O)N1CCc2[nH]cnc2[C@H]1c1cccc(Cl)c1Cl. The fourth-order valence-electron chi connectivity index (χ4n) is 3.96. The Morgan fingerprint density at radius 2 is 2.00 bits per heavy atom. The maximum Gasteiger partial charge on any atom is 0.328 e. The third-order valence-corrected chi connectivity index (χ3v) is 6.36. The van der Waals surface area contributed by atoms with Crippen LogP contribution in [0.1, 0.15) is 28.6 Å². The van der Waals surface area contributed by atoms with Gasteiger partial charge in [-0.3, -0.25) is 0 Å². The van der Waals surface area contributed by atoms with E-state index in [-0.39, 0.29) is 0 Å². The summed E-state index contributed by atoms with van der Waals surface area (Å²) in [5.74, 6) is -0.517. The van der Waals surface area contributed by atoms with Crippen molar-refractivity contribution in [1.29, 1.82) is 0 Å². The molecule has 0 aliphatic carbocycles. The molecule has 3 aromatic rings. The second kappa shape index (κ2) is 9.63. The molecule has 32 heavy (non-hydrogen) atoms. The van der Waals surface area contributed by atoms with E-state index in [0.717, 1.165) is 11.3 Å². The fraction of sp³-hybridized carbons (Fsp3) is 0.261. The van der Waals surface area contributed by atoms with Crippen molar-refractivity contribution in [3.8, 4) is 0 Å². The first kappa shape index (κ1) is 22.2. The van der Waals surface area contributed by atoms with Crippen LogP contribution in [0.5, 0.6) is 0 Å². The van der Waals surface area contributed by atoms with Crippen LogP contribution in [0.2, 0.25) is 10.0 Å². The number of hydrogen-bond donors (Lipinski definition) is 2. The van der Waals surface area contributed by atoms with Crippen molar-refractivity contribution < 1.29 is 14.3 Å². The number of aromatic nitrogens is 2. The first-order valence-electron chi connectivity index (χ1n) is 10.1. The third-order valence-electron chi connectivity index (χ3n) is 5.53. The van der Waals surface area contributed by atoms with E-state index in [4.69, 9.17) is 27.9 Å². The second-order valence-electron chi connectivity index (χ2n) is 7.47. The number of nitrogens with one attached hydrogen (secondary N) is 2. The Morgan fingerprint density at radius 1 is 1.22 bits per heavy atom. The number of fused-ring (bicyclic) bond motifs is 1. The topological polar surface area (TPSA) is 87.3 Å². The van der Waals surface area contributed by atoms with E-state index in [1.54, 1.807) is 23.4 Å². The van der Waals surface area contributed by atoms with Gasteiger partial charge in [-0.05, 0) is 11.6 Å². The summed E-state index contributed by atoms with van der Waals surface area (Å²) in [6.07, 6.45) is 2.51. The quantitative estimate of drug-likeness (QED) is 0.545. The maximum absolute atomic E-state index is 13.4. The highest BCUT2D eigenvalue weighted by Crippen LogP contribution is 2.39. The normalized spacial score (nSPS) is 16.2. The van der Waals surface area contributed by atoms with Gasteiger partial charge in [0, 0.05) is 30.6 Å². The first-order chi connectivity index (χ1) is 15.5. The molecule has 0 bridgehead atoms. The van der Waals surface area contributed by atoms with Gasteiger partial charge in [-0.2, -0.15) is 0 Å². The second-order valence-corrected chi connectivity index (χ2v) is 8.26. The number of aromatic amines is 1. The van der Waals surface area contributed by atoms with Crippen molar-refractivity contribution in [2.45, 2.75) is 24.9 Å². The standard InChI is InChI=1S/C23H22Cl2N4O3/c1-32-22(30)18(12-14-6-3-2-4-7-14)28-23(31)29-11-10-17-20(27-13-26-17)21(29)15-8-5-9-16(24)19(15)25/h2-9,13,18,21H,10-12H2,1H3,(H,26,27)(H,28,31)/t18-,21-/m1/s1. The van der Waals surface area contributed by atoms with Gasteiger partial charge < -0.3 is 19.9 Å². The van der Waals surface area contributed by atoms with Gasteiger partial charge in [-0.15, -0.1) is 0 Å². The Bertz CT molecular complexity index is 1120. The Balaban J connectivity index is 1.64. The zero-order valence-electron chi connectivity index (χ0n) is 17.3. The van der Waals surface area contributed by atoms with E-state index < -0.39 is 24.1 Å². The smallest absolute Gasteiger partial charge is 0.328 e. The number of benzene rings is 2. The summed E-state index contributed by atoms with van der Waals surface area (Å²) in [6, 6.07) is 12.9. The highest BCUT2D eigenvalue weighted by atomic mass is 35.5. The van der Waals surface area contributed by atoms with Crippen LogP contribution in [0.3, 0.4) is 0 Å². The van der Waals surface area contributed by atoms with Crippen LogP contribution in [0.4, 0.5) is 4.79 Å². The molecule has 0 saturated carbocycles. The predicted octanol–water partition coefficient (Wildman–Crippen LogP) is 4.16. The van der Waals surface area contributed by atoms with Gasteiger partial charge in [-0.1, -0.05) is 65.7 Å². The number of rotatable bonds is 5. The molecule has 166 valence electrons. The van der Waals surface area contributed by atoms with Crippen molar-refractivity contribution in [3.05, 3.63) is 87.4 Å². The molecule has 4 rings (SSSR count). The van der Waals surface area contributed by atoms with Crippen LogP contribution in [-0.2, 0) is 22.4 Å². The minimum atomic E-state index is -0.842. The Labute approximate surface area is 195 Å². The minimum Gasteiger partial charge on any atom is -0.467 e. The molecule has 0 radical (unpaired) electrons. The number of imidazole rings is 1. The molecule has 1 aliphatic heterocycles. The lowest BCUT2D eigenvalue weighted by Gasteiger charge is -2.36. The number of halogens is 2. The molecule has 7 nitrogen and oxygen atoms in total. The van der Waals surface area contributed by atoms with Gasteiger partial charge in [-0.25, -0.2) is 14.6 Å². The lowest BCUT2D eigenvalue weighted by Crippen LogP contribution is -2.52. The fourth-order valence-corrected chi connectivity index (χ4v) is 4.37. The zero-order chi connectivity index (χ0) is 22.7. The molecule has 2 aromatic carbocycles. The number of esters is 1. The number of ether oxygens (including phenoxy) is 1. The number of nitrogens with zero attached hydrogens (tertiary/aromatic N) is 2. The average Bonchev–Trinajstić information content (AvgIpc) is 3.29. The molecular weight excluding hydrogens is 451 g/mol. The summed E-state index contributed by atoms with van der Waals surface area (Å²) >= 11 is 12.8. The molecule has 0 fully saturated rings. The summed E-state index contributed by atoms with van der Waals surface area (Å²) < 4.78 is 4.93. The van der Waals surface area contributed by atoms with Gasteiger partial charge in [0.2, 0.25) is 0 Å². The average molecular weight is 473 g/mol. The van der Waals surface area contributed by atoms with Crippen molar-refractivity contribution >= 4 is 35.2 Å². The summed E-state index contributed by atoms with van der Waals surface area (Å²) in [7, 11) is 1.30. The van der Waals surface area contributed by atoms with E-state index in [2.05, 4.69) is 15.3 Å². The number of amides is 2. The van der Waals surface area contributed by atoms with E-state index in [9.17, 15) is 9.59 Å². The number of carbonyl (C=O) groups is 2. The van der Waals surface area contributed by atoms with E-state index in [1.165, 1.54) is 7.11 Å². The van der Waals surface area contributed by atoms with E-state index in [0.29, 0.717) is 40.7 Å². The van der Waals surface area contributed by atoms with Crippen LogP contribution in [0.25, 0.3) is 0 Å². The highest BCUT2D eigenvalue weighted by Gasteiger charge is 2.37. The van der Waals surface area contributed by atoms with Gasteiger partial charge in [0.15, 0.2) is 0 Å². The van der Waals surface area contributed by atoms with Gasteiger partial charge in [0.1, 0.15) is 12.1 Å². The molecule has 2 heterocycles. The third kappa shape index (κ3) is 4.45. The van der Waals surface area contributed by atoms with Crippen LogP contribution in [0.15, 0.2) is 54.9 Å². The Morgan fingerprint density at radius 3 is 2.75 bits per heavy atom. The molecule has 2 atom stereocenters. The maximum atomic E-state index is 13.4. The predicted molar refractivity (Wildman–Crippen MR) is 122 cm³/mol. The molecule has 0 spiro atoms. The summed E-state index contributed by atoms with van der Waals surface area (Å²) in [6.45, 7) is 0.410. The molecular formula is C23H22Cl2N4O3. The van der Waals surface area contributed by atoms with E-state index in [1.807, 2.05) is 36.4 Å². The largest absolute Gasteiger partial charge is 0.467 e. The molecule has 1 aromatic heterocycles. The van der Waals surface area contributed by atoms with Crippen molar-refractivity contribution in [3.63, 3.8) is 0 Å². The molecule has 1 aliphatic rings. The lowest BCUT2D eigenvalue weighted by molar-refractivity contribution is -0.142. The molecule has 0 unspecified atom stereocenters. The van der Waals surface area contributed by atoms with Crippen LogP contribution in [0, 0.1) is 0 Å². The van der Waals surface area contributed by atoms with Gasteiger partial charge >= 0.3 is 12.0 Å². The lowest BCUT2D eigenvalue weighted by atomic mass is 9.95. The molecule has 2 N–H and O–H groups in total.